The lowest BCUT2D eigenvalue weighted by atomic mass is 10.1. The Morgan fingerprint density at radius 1 is 0.844 bits per heavy atom. The zero-order chi connectivity index (χ0) is 23.4. The maximum Gasteiger partial charge on any atom is 0.371 e. The van der Waals surface area contributed by atoms with Crippen molar-refractivity contribution in [2.24, 2.45) is 0 Å². The lowest BCUT2D eigenvalue weighted by Crippen LogP contribution is -2.42. The summed E-state index contributed by atoms with van der Waals surface area (Å²) in [6, 6.07) is 10.2. The highest BCUT2D eigenvalue weighted by molar-refractivity contribution is 6.07. The topological polar surface area (TPSA) is 119 Å². The van der Waals surface area contributed by atoms with Gasteiger partial charge in [-0.05, 0) is 35.4 Å². The van der Waals surface area contributed by atoms with E-state index in [1.807, 2.05) is 0 Å². The van der Waals surface area contributed by atoms with Crippen LogP contribution in [0, 0.1) is 11.6 Å². The quantitative estimate of drug-likeness (QED) is 0.329. The Bertz CT molecular complexity index is 1320. The average Bonchev–Trinajstić information content (AvgIpc) is 2.75. The smallest absolute Gasteiger partial charge is 0.371 e. The highest BCUT2D eigenvalue weighted by Crippen LogP contribution is 2.07. The summed E-state index contributed by atoms with van der Waals surface area (Å²) in [6.45, 7) is -0.422. The Hall–Kier alpha value is -4.34. The van der Waals surface area contributed by atoms with Gasteiger partial charge in [0.15, 0.2) is 5.78 Å². The summed E-state index contributed by atoms with van der Waals surface area (Å²) in [5, 5.41) is 18.1. The van der Waals surface area contributed by atoms with E-state index in [0.29, 0.717) is 17.2 Å². The van der Waals surface area contributed by atoms with Gasteiger partial charge in [-0.3, -0.25) is 18.7 Å². The molecule has 3 aromatic rings. The number of hydrogen-bond donors (Lipinski definition) is 2. The van der Waals surface area contributed by atoms with Crippen molar-refractivity contribution in [3.63, 3.8) is 0 Å². The van der Waals surface area contributed by atoms with Crippen LogP contribution in [0.1, 0.15) is 21.5 Å². The number of rotatable bonds is 7. The van der Waals surface area contributed by atoms with Crippen LogP contribution in [0.5, 0.6) is 0 Å². The minimum Gasteiger partial charge on any atom is -0.502 e. The molecule has 0 unspecified atom stereocenters. The van der Waals surface area contributed by atoms with Crippen molar-refractivity contribution in [3.8, 4) is 0 Å². The number of nitrogens with zero attached hydrogens (tertiary/aromatic N) is 2. The molecule has 0 saturated carbocycles. The van der Waals surface area contributed by atoms with Crippen LogP contribution >= 0.6 is 0 Å². The second kappa shape index (κ2) is 9.21. The number of carboxylic acid groups (broad SMARTS) is 1. The minimum absolute atomic E-state index is 0.127. The third-order valence-corrected chi connectivity index (χ3v) is 4.51. The van der Waals surface area contributed by atoms with E-state index in [0.717, 1.165) is 27.5 Å². The van der Waals surface area contributed by atoms with E-state index in [2.05, 4.69) is 0 Å². The number of hydrogen-bond acceptors (Lipinski definition) is 5. The molecule has 1 aromatic heterocycles. The normalized spacial score (nSPS) is 11.4. The molecule has 2 N–H and O–H groups in total. The fourth-order valence-corrected chi connectivity index (χ4v) is 2.90. The molecule has 0 saturated heterocycles. The predicted octanol–water partition coefficient (Wildman–Crippen LogP) is 2.09. The number of aromatic nitrogens is 2. The molecule has 164 valence electrons. The van der Waals surface area contributed by atoms with Crippen LogP contribution in [-0.2, 0) is 17.9 Å². The third-order valence-electron chi connectivity index (χ3n) is 4.51. The molecule has 2 aromatic carbocycles. The molecule has 0 radical (unpaired) electrons. The van der Waals surface area contributed by atoms with Crippen LogP contribution in [0.25, 0.3) is 0 Å². The Balaban J connectivity index is 2.14. The van der Waals surface area contributed by atoms with E-state index < -0.39 is 46.0 Å². The molecule has 0 spiro atoms. The number of aliphatic carboxylic acids is 1. The van der Waals surface area contributed by atoms with Crippen LogP contribution in [-0.4, -0.2) is 31.1 Å². The van der Waals surface area contributed by atoms with Gasteiger partial charge in [-0.15, -0.1) is 0 Å². The second-order valence-corrected chi connectivity index (χ2v) is 6.80. The zero-order valence-electron chi connectivity index (χ0n) is 16.4. The minimum atomic E-state index is -1.77. The summed E-state index contributed by atoms with van der Waals surface area (Å²) in [6.07, 6.45) is 1.30. The predicted molar refractivity (Wildman–Crippen MR) is 109 cm³/mol. The van der Waals surface area contributed by atoms with Crippen molar-refractivity contribution in [1.82, 2.24) is 9.13 Å². The van der Waals surface area contributed by atoms with Gasteiger partial charge in [-0.25, -0.2) is 18.4 Å². The first-order valence-corrected chi connectivity index (χ1v) is 9.17. The van der Waals surface area contributed by atoms with E-state index >= 15 is 0 Å². The fraction of sp³-hybridized carbons (Fsp3) is 0.0909. The first-order chi connectivity index (χ1) is 15.2. The van der Waals surface area contributed by atoms with Crippen LogP contribution in [0.3, 0.4) is 0 Å². The molecule has 32 heavy (non-hydrogen) atoms. The van der Waals surface area contributed by atoms with Crippen molar-refractivity contribution in [2.75, 3.05) is 0 Å². The van der Waals surface area contributed by atoms with Gasteiger partial charge in [-0.1, -0.05) is 24.3 Å². The van der Waals surface area contributed by atoms with E-state index in [9.17, 15) is 33.1 Å². The van der Waals surface area contributed by atoms with Gasteiger partial charge < -0.3 is 10.2 Å². The molecule has 0 bridgehead atoms. The van der Waals surface area contributed by atoms with E-state index in [-0.39, 0.29) is 13.1 Å². The first-order valence-electron chi connectivity index (χ1n) is 9.17. The lowest BCUT2D eigenvalue weighted by molar-refractivity contribution is -0.135. The summed E-state index contributed by atoms with van der Waals surface area (Å²) >= 11 is 0. The van der Waals surface area contributed by atoms with Crippen molar-refractivity contribution in [2.45, 2.75) is 13.1 Å². The number of benzene rings is 2. The standard InChI is InChI=1S/C22H16F2N2O6/c23-15-5-1-13(2-6-15)10-25-12-17(18(27)9-19(28)21(30)31)20(29)26(22(25)32)11-14-3-7-16(24)8-4-14/h1-9,12,28H,10-11H2,(H,30,31). The molecule has 1 heterocycles. The van der Waals surface area contributed by atoms with Crippen LogP contribution < -0.4 is 11.2 Å². The Morgan fingerprint density at radius 2 is 1.34 bits per heavy atom. The molecule has 0 fully saturated rings. The third kappa shape index (κ3) is 5.04. The number of carbonyl (C=O) groups is 2. The fourth-order valence-electron chi connectivity index (χ4n) is 2.90. The molecule has 0 atom stereocenters. The van der Waals surface area contributed by atoms with Crippen LogP contribution in [0.2, 0.25) is 0 Å². The van der Waals surface area contributed by atoms with Gasteiger partial charge in [-0.2, -0.15) is 0 Å². The number of carbonyl (C=O) groups excluding carboxylic acids is 1. The molecule has 0 aliphatic heterocycles. The molecule has 8 nitrogen and oxygen atoms in total. The highest BCUT2D eigenvalue weighted by atomic mass is 19.1. The molecule has 10 heteroatoms. The molecule has 0 aliphatic rings. The Kier molecular flexibility index (Phi) is 6.43. The number of ketones is 1. The van der Waals surface area contributed by atoms with Gasteiger partial charge in [0.05, 0.1) is 13.1 Å². The van der Waals surface area contributed by atoms with Crippen molar-refractivity contribution >= 4 is 11.8 Å². The van der Waals surface area contributed by atoms with Gasteiger partial charge in [0.1, 0.15) is 17.2 Å². The van der Waals surface area contributed by atoms with Crippen LogP contribution in [0.4, 0.5) is 8.78 Å². The largest absolute Gasteiger partial charge is 0.502 e. The summed E-state index contributed by atoms with van der Waals surface area (Å²) in [5.41, 5.74) is -1.50. The molecule has 0 amide bonds. The monoisotopic (exact) mass is 442 g/mol. The average molecular weight is 442 g/mol. The molecule has 0 aliphatic carbocycles. The highest BCUT2D eigenvalue weighted by Gasteiger charge is 2.19. The molecule has 3 rings (SSSR count). The van der Waals surface area contributed by atoms with E-state index in [1.54, 1.807) is 0 Å². The summed E-state index contributed by atoms with van der Waals surface area (Å²) in [5.74, 6) is -5.20. The zero-order valence-corrected chi connectivity index (χ0v) is 16.4. The van der Waals surface area contributed by atoms with E-state index in [4.69, 9.17) is 5.11 Å². The van der Waals surface area contributed by atoms with Crippen molar-refractivity contribution in [3.05, 3.63) is 116 Å². The number of halogens is 2. The summed E-state index contributed by atoms with van der Waals surface area (Å²) in [7, 11) is 0. The Labute approximate surface area is 178 Å². The number of aliphatic hydroxyl groups is 1. The molecular weight excluding hydrogens is 426 g/mol. The van der Waals surface area contributed by atoms with Gasteiger partial charge in [0, 0.05) is 12.3 Å². The summed E-state index contributed by atoms with van der Waals surface area (Å²) in [4.78, 5) is 49.1. The first kappa shape index (κ1) is 22.3. The SMILES string of the molecule is O=C(O)C(O)=CC(=O)c1cn(Cc2ccc(F)cc2)c(=O)n(Cc2ccc(F)cc2)c1=O. The van der Waals surface area contributed by atoms with Gasteiger partial charge in [0.25, 0.3) is 5.56 Å². The van der Waals surface area contributed by atoms with Crippen molar-refractivity contribution in [1.29, 1.82) is 0 Å². The lowest BCUT2D eigenvalue weighted by Gasteiger charge is -2.13. The van der Waals surface area contributed by atoms with Gasteiger partial charge >= 0.3 is 11.7 Å². The van der Waals surface area contributed by atoms with Crippen molar-refractivity contribution < 1.29 is 28.6 Å². The summed E-state index contributed by atoms with van der Waals surface area (Å²) < 4.78 is 28.1. The number of allylic oxidation sites excluding steroid dienone is 1. The van der Waals surface area contributed by atoms with Gasteiger partial charge in [0.2, 0.25) is 5.76 Å². The Morgan fingerprint density at radius 3 is 1.84 bits per heavy atom. The second-order valence-electron chi connectivity index (χ2n) is 6.80. The number of carboxylic acids is 1. The maximum absolute atomic E-state index is 13.2. The van der Waals surface area contributed by atoms with E-state index in [1.165, 1.54) is 36.4 Å². The van der Waals surface area contributed by atoms with Crippen LogP contribution in [0.15, 0.2) is 76.2 Å². The number of aliphatic hydroxyl groups excluding tert-OH is 1. The maximum atomic E-state index is 13.2. The molecular formula is C22H16F2N2O6.